The molecule has 2 aromatic carbocycles. The van der Waals surface area contributed by atoms with Gasteiger partial charge in [-0.2, -0.15) is 10.2 Å². The Balaban J connectivity index is 1.81. The number of carbonyl (C=O) groups excluding carboxylic acids is 2. The van der Waals surface area contributed by atoms with Gasteiger partial charge in [0, 0.05) is 18.2 Å². The Bertz CT molecular complexity index is 912. The lowest BCUT2D eigenvalue weighted by Gasteiger charge is -2.12. The minimum Gasteiger partial charge on any atom is -0.488 e. The number of hydrogen-bond donors (Lipinski definition) is 0. The molecule has 0 bridgehead atoms. The van der Waals surface area contributed by atoms with Gasteiger partial charge in [-0.05, 0) is 47.5 Å². The van der Waals surface area contributed by atoms with Crippen LogP contribution >= 0.6 is 0 Å². The van der Waals surface area contributed by atoms with Crippen molar-refractivity contribution in [2.24, 2.45) is 0 Å². The van der Waals surface area contributed by atoms with Gasteiger partial charge in [0.25, 0.3) is 0 Å². The lowest BCUT2D eigenvalue weighted by molar-refractivity contribution is 0.0988. The number of hydrogen-bond acceptors (Lipinski definition) is 5. The van der Waals surface area contributed by atoms with Crippen LogP contribution in [-0.2, 0) is 13.0 Å². The van der Waals surface area contributed by atoms with Gasteiger partial charge in [0.15, 0.2) is 5.78 Å². The fourth-order valence-corrected chi connectivity index (χ4v) is 2.41. The number of aromatic nitrogens is 2. The summed E-state index contributed by atoms with van der Waals surface area (Å²) in [7, 11) is 0. The predicted molar refractivity (Wildman–Crippen MR) is 92.6 cm³/mol. The number of aldehydes is 1. The van der Waals surface area contributed by atoms with Crippen LogP contribution in [0, 0.1) is 5.82 Å². The van der Waals surface area contributed by atoms with E-state index in [1.807, 2.05) is 0 Å². The molecule has 0 aliphatic rings. The molecule has 0 aliphatic heterocycles. The molecular formula is C20H15FN2O3. The number of Topliss-reactive ketones (excluding diaryl/α,β-unsaturated/α-hetero) is 1. The van der Waals surface area contributed by atoms with E-state index < -0.39 is 0 Å². The lowest BCUT2D eigenvalue weighted by atomic mass is 10.0. The molecule has 0 saturated carbocycles. The second kappa shape index (κ2) is 8.11. The van der Waals surface area contributed by atoms with Gasteiger partial charge < -0.3 is 4.74 Å². The van der Waals surface area contributed by atoms with Gasteiger partial charge >= 0.3 is 0 Å². The van der Waals surface area contributed by atoms with Crippen LogP contribution in [0.3, 0.4) is 0 Å². The molecule has 0 radical (unpaired) electrons. The number of ether oxygens (including phenoxy) is 1. The van der Waals surface area contributed by atoms with E-state index in [9.17, 15) is 14.0 Å². The van der Waals surface area contributed by atoms with E-state index in [0.717, 1.165) is 5.56 Å². The van der Waals surface area contributed by atoms with Gasteiger partial charge in [-0.25, -0.2) is 4.39 Å². The highest BCUT2D eigenvalue weighted by Crippen LogP contribution is 2.23. The molecule has 0 aliphatic carbocycles. The monoisotopic (exact) mass is 350 g/mol. The van der Waals surface area contributed by atoms with Crippen molar-refractivity contribution in [1.82, 2.24) is 10.2 Å². The minimum atomic E-state index is -0.328. The first kappa shape index (κ1) is 17.4. The summed E-state index contributed by atoms with van der Waals surface area (Å²) in [5.74, 6) is -0.159. The van der Waals surface area contributed by atoms with Gasteiger partial charge in [-0.3, -0.25) is 9.59 Å². The summed E-state index contributed by atoms with van der Waals surface area (Å²) in [4.78, 5) is 23.7. The van der Waals surface area contributed by atoms with E-state index in [-0.39, 0.29) is 24.6 Å². The van der Waals surface area contributed by atoms with Crippen molar-refractivity contribution < 1.29 is 18.7 Å². The first-order valence-electron chi connectivity index (χ1n) is 7.91. The lowest BCUT2D eigenvalue weighted by Crippen LogP contribution is -2.08. The maximum atomic E-state index is 13.0. The van der Waals surface area contributed by atoms with Crippen molar-refractivity contribution in [3.8, 4) is 5.75 Å². The molecule has 0 N–H and O–H groups in total. The first-order chi connectivity index (χ1) is 12.7. The van der Waals surface area contributed by atoms with Crippen LogP contribution in [0.1, 0.15) is 31.8 Å². The fourth-order valence-electron chi connectivity index (χ4n) is 2.41. The molecule has 0 fully saturated rings. The van der Waals surface area contributed by atoms with Crippen molar-refractivity contribution in [3.05, 3.63) is 89.0 Å². The molecular weight excluding hydrogens is 335 g/mol. The van der Waals surface area contributed by atoms with E-state index >= 15 is 0 Å². The molecule has 3 aromatic rings. The molecule has 1 heterocycles. The Labute approximate surface area is 149 Å². The zero-order chi connectivity index (χ0) is 18.4. The topological polar surface area (TPSA) is 69.2 Å². The third-order valence-corrected chi connectivity index (χ3v) is 3.76. The van der Waals surface area contributed by atoms with Gasteiger partial charge in [-0.1, -0.05) is 12.1 Å². The third kappa shape index (κ3) is 4.36. The van der Waals surface area contributed by atoms with Gasteiger partial charge in [0.1, 0.15) is 24.5 Å². The smallest absolute Gasteiger partial charge is 0.171 e. The van der Waals surface area contributed by atoms with Crippen molar-refractivity contribution >= 4 is 12.1 Å². The molecule has 0 amide bonds. The van der Waals surface area contributed by atoms with E-state index in [4.69, 9.17) is 4.74 Å². The number of nitrogens with zero attached hydrogens (tertiary/aromatic N) is 2. The summed E-state index contributed by atoms with van der Waals surface area (Å²) in [6.45, 7) is 0.178. The van der Waals surface area contributed by atoms with Crippen molar-refractivity contribution in [2.45, 2.75) is 13.0 Å². The summed E-state index contributed by atoms with van der Waals surface area (Å²) in [6.07, 6.45) is 3.82. The second-order valence-corrected chi connectivity index (χ2v) is 5.64. The summed E-state index contributed by atoms with van der Waals surface area (Å²) < 4.78 is 18.7. The number of carbonyl (C=O) groups is 2. The molecule has 1 aromatic heterocycles. The number of halogens is 1. The zero-order valence-corrected chi connectivity index (χ0v) is 13.8. The highest BCUT2D eigenvalue weighted by molar-refractivity contribution is 6.01. The number of ketones is 1. The van der Waals surface area contributed by atoms with Crippen molar-refractivity contribution in [3.63, 3.8) is 0 Å². The van der Waals surface area contributed by atoms with Crippen LogP contribution in [0.4, 0.5) is 4.39 Å². The number of rotatable bonds is 7. The quantitative estimate of drug-likeness (QED) is 0.482. The summed E-state index contributed by atoms with van der Waals surface area (Å²) >= 11 is 0. The Morgan fingerprint density at radius 2 is 1.85 bits per heavy atom. The number of benzene rings is 2. The van der Waals surface area contributed by atoms with E-state index in [1.165, 1.54) is 30.6 Å². The Morgan fingerprint density at radius 3 is 2.54 bits per heavy atom. The standard InChI is InChI=1S/C20H15FN2O3/c21-17-4-1-14(2-5-17)13-26-20-6-3-16(12-24)9-18(20)19(25)10-15-7-8-22-23-11-15/h1-9,11-12H,10,13H2. The second-order valence-electron chi connectivity index (χ2n) is 5.64. The van der Waals surface area contributed by atoms with Crippen LogP contribution in [0.5, 0.6) is 5.75 Å². The van der Waals surface area contributed by atoms with Crippen LogP contribution in [-0.4, -0.2) is 22.3 Å². The molecule has 0 atom stereocenters. The van der Waals surface area contributed by atoms with E-state index in [1.54, 1.807) is 30.3 Å². The van der Waals surface area contributed by atoms with Crippen LogP contribution < -0.4 is 4.74 Å². The average Bonchev–Trinajstić information content (AvgIpc) is 2.68. The molecule has 0 spiro atoms. The first-order valence-corrected chi connectivity index (χ1v) is 7.91. The molecule has 6 heteroatoms. The molecule has 0 saturated heterocycles. The Kier molecular flexibility index (Phi) is 5.43. The van der Waals surface area contributed by atoms with Crippen LogP contribution in [0.2, 0.25) is 0 Å². The summed E-state index contributed by atoms with van der Waals surface area (Å²) in [6, 6.07) is 12.3. The Morgan fingerprint density at radius 1 is 1.04 bits per heavy atom. The van der Waals surface area contributed by atoms with Gasteiger partial charge in [0.2, 0.25) is 0 Å². The maximum Gasteiger partial charge on any atom is 0.171 e. The normalized spacial score (nSPS) is 10.3. The molecule has 26 heavy (non-hydrogen) atoms. The minimum absolute atomic E-state index is 0.116. The highest BCUT2D eigenvalue weighted by atomic mass is 19.1. The van der Waals surface area contributed by atoms with Crippen LogP contribution in [0.25, 0.3) is 0 Å². The third-order valence-electron chi connectivity index (χ3n) is 3.76. The largest absolute Gasteiger partial charge is 0.488 e. The molecule has 0 unspecified atom stereocenters. The van der Waals surface area contributed by atoms with E-state index in [0.29, 0.717) is 28.7 Å². The Hall–Kier alpha value is -3.41. The zero-order valence-electron chi connectivity index (χ0n) is 13.8. The molecule has 5 nitrogen and oxygen atoms in total. The van der Waals surface area contributed by atoms with Crippen molar-refractivity contribution in [1.29, 1.82) is 0 Å². The summed E-state index contributed by atoms with van der Waals surface area (Å²) in [5, 5.41) is 7.43. The van der Waals surface area contributed by atoms with Gasteiger partial charge in [-0.15, -0.1) is 0 Å². The highest BCUT2D eigenvalue weighted by Gasteiger charge is 2.15. The van der Waals surface area contributed by atoms with Crippen molar-refractivity contribution in [2.75, 3.05) is 0 Å². The fraction of sp³-hybridized carbons (Fsp3) is 0.100. The van der Waals surface area contributed by atoms with Crippen LogP contribution in [0.15, 0.2) is 60.9 Å². The molecule has 130 valence electrons. The van der Waals surface area contributed by atoms with E-state index in [2.05, 4.69) is 10.2 Å². The SMILES string of the molecule is O=Cc1ccc(OCc2ccc(F)cc2)c(C(=O)Cc2ccnnc2)c1. The predicted octanol–water partition coefficient (Wildman–Crippen LogP) is 3.43. The molecule has 3 rings (SSSR count). The average molecular weight is 350 g/mol. The maximum absolute atomic E-state index is 13.0. The summed E-state index contributed by atoms with van der Waals surface area (Å²) in [5.41, 5.74) is 2.18. The van der Waals surface area contributed by atoms with Gasteiger partial charge in [0.05, 0.1) is 11.8 Å².